The Morgan fingerprint density at radius 2 is 2.22 bits per heavy atom. The van der Waals surface area contributed by atoms with Crippen LogP contribution in [0.1, 0.15) is 20.8 Å². The van der Waals surface area contributed by atoms with Crippen molar-refractivity contribution in [2.45, 2.75) is 44.7 Å². The van der Waals surface area contributed by atoms with Crippen molar-refractivity contribution in [2.75, 3.05) is 13.1 Å². The lowest BCUT2D eigenvalue weighted by Crippen LogP contribution is -2.54. The number of nitrogens with two attached hydrogens (primary N) is 1. The van der Waals surface area contributed by atoms with E-state index in [0.29, 0.717) is 0 Å². The summed E-state index contributed by atoms with van der Waals surface area (Å²) >= 11 is 0. The van der Waals surface area contributed by atoms with Crippen molar-refractivity contribution in [3.8, 4) is 0 Å². The third kappa shape index (κ3) is 2.65. The fraction of sp³-hybridized carbons (Fsp3) is 0.818. The lowest BCUT2D eigenvalue weighted by molar-refractivity contribution is -0.00953. The molecule has 1 fully saturated rings. The molecule has 0 aromatic heterocycles. The third-order valence-electron chi connectivity index (χ3n) is 2.75. The quantitative estimate of drug-likeness (QED) is 0.693. The highest BCUT2D eigenvalue weighted by molar-refractivity contribution is 5.74. The van der Waals surface area contributed by atoms with Crippen LogP contribution in [-0.4, -0.2) is 54.0 Å². The van der Waals surface area contributed by atoms with Crippen LogP contribution in [0.2, 0.25) is 0 Å². The van der Waals surface area contributed by atoms with E-state index in [1.54, 1.807) is 20.8 Å². The number of amides is 1. The highest BCUT2D eigenvalue weighted by Crippen LogP contribution is 2.25. The molecule has 1 saturated heterocycles. The minimum atomic E-state index is -1.28. The molecule has 0 saturated carbocycles. The van der Waals surface area contributed by atoms with Crippen LogP contribution in [0.25, 0.3) is 0 Å². The molecule has 102 valence electrons. The summed E-state index contributed by atoms with van der Waals surface area (Å²) < 4.78 is 24.2. The number of likely N-dealkylation sites (tertiary alicyclic amines) is 1. The van der Waals surface area contributed by atoms with E-state index in [2.05, 4.69) is 4.99 Å². The predicted molar refractivity (Wildman–Crippen MR) is 63.0 cm³/mol. The zero-order valence-corrected chi connectivity index (χ0v) is 10.7. The van der Waals surface area contributed by atoms with E-state index >= 15 is 0 Å². The van der Waals surface area contributed by atoms with E-state index in [1.165, 1.54) is 4.90 Å². The van der Waals surface area contributed by atoms with Gasteiger partial charge in [0.15, 0.2) is 0 Å². The minimum Gasteiger partial charge on any atom is -0.458 e. The number of amidine groups is 1. The van der Waals surface area contributed by atoms with Crippen LogP contribution in [0.15, 0.2) is 4.99 Å². The normalized spacial score (nSPS) is 31.4. The fourth-order valence-electron chi connectivity index (χ4n) is 2.03. The van der Waals surface area contributed by atoms with Crippen LogP contribution in [0.4, 0.5) is 9.18 Å². The van der Waals surface area contributed by atoms with Crippen molar-refractivity contribution < 1.29 is 18.7 Å². The van der Waals surface area contributed by atoms with E-state index < -0.39 is 30.0 Å². The second kappa shape index (κ2) is 4.29. The van der Waals surface area contributed by atoms with Gasteiger partial charge in [0.25, 0.3) is 6.02 Å². The highest BCUT2D eigenvalue weighted by Gasteiger charge is 2.44. The number of piperidine rings is 1. The van der Waals surface area contributed by atoms with E-state index in [4.69, 9.17) is 15.2 Å². The Labute approximate surface area is 105 Å². The average Bonchev–Trinajstić information content (AvgIpc) is 2.56. The van der Waals surface area contributed by atoms with Crippen LogP contribution in [0, 0.1) is 0 Å². The molecule has 0 spiro atoms. The molecule has 0 unspecified atom stereocenters. The van der Waals surface area contributed by atoms with Gasteiger partial charge in [-0.05, 0) is 20.8 Å². The maximum absolute atomic E-state index is 13.9. The summed E-state index contributed by atoms with van der Waals surface area (Å²) in [7, 11) is 0. The molecule has 0 radical (unpaired) electrons. The van der Waals surface area contributed by atoms with Crippen molar-refractivity contribution in [2.24, 2.45) is 10.7 Å². The van der Waals surface area contributed by atoms with Crippen LogP contribution < -0.4 is 5.73 Å². The number of alkyl halides is 1. The maximum Gasteiger partial charge on any atom is 0.410 e. The molecule has 18 heavy (non-hydrogen) atoms. The summed E-state index contributed by atoms with van der Waals surface area (Å²) in [5.41, 5.74) is 4.80. The number of hydrogen-bond acceptors (Lipinski definition) is 5. The maximum atomic E-state index is 13.9. The van der Waals surface area contributed by atoms with Gasteiger partial charge in [0.1, 0.15) is 23.9 Å². The van der Waals surface area contributed by atoms with Gasteiger partial charge in [-0.2, -0.15) is 0 Å². The molecule has 0 aromatic rings. The Hall–Kier alpha value is -1.53. The summed E-state index contributed by atoms with van der Waals surface area (Å²) in [5.74, 6) is 0. The Morgan fingerprint density at radius 1 is 1.56 bits per heavy atom. The minimum absolute atomic E-state index is 0.0151. The second-order valence-electron chi connectivity index (χ2n) is 5.52. The van der Waals surface area contributed by atoms with Crippen molar-refractivity contribution >= 4 is 12.1 Å². The Kier molecular flexibility index (Phi) is 3.08. The molecular weight excluding hydrogens is 241 g/mol. The van der Waals surface area contributed by atoms with Crippen LogP contribution >= 0.6 is 0 Å². The molecule has 7 heteroatoms. The van der Waals surface area contributed by atoms with Gasteiger partial charge in [-0.25, -0.2) is 14.2 Å². The van der Waals surface area contributed by atoms with E-state index in [1.807, 2.05) is 0 Å². The first-order chi connectivity index (χ1) is 8.26. The predicted octanol–water partition coefficient (Wildman–Crippen LogP) is 0.657. The summed E-state index contributed by atoms with van der Waals surface area (Å²) in [6.07, 6.45) is -2.34. The average molecular weight is 259 g/mol. The molecule has 2 rings (SSSR count). The van der Waals surface area contributed by atoms with Gasteiger partial charge in [0.05, 0.1) is 13.1 Å². The Morgan fingerprint density at radius 3 is 2.83 bits per heavy atom. The molecular formula is C11H18FN3O3. The molecule has 0 aromatic carbocycles. The molecule has 0 bridgehead atoms. The lowest BCUT2D eigenvalue weighted by atomic mass is 10.0. The summed E-state index contributed by atoms with van der Waals surface area (Å²) in [6.45, 7) is 5.48. The van der Waals surface area contributed by atoms with Gasteiger partial charge in [-0.3, -0.25) is 0 Å². The van der Waals surface area contributed by atoms with Crippen molar-refractivity contribution in [3.63, 3.8) is 0 Å². The van der Waals surface area contributed by atoms with Crippen LogP contribution in [0.5, 0.6) is 0 Å². The van der Waals surface area contributed by atoms with Gasteiger partial charge in [0, 0.05) is 0 Å². The number of fused-ring (bicyclic) bond motifs is 1. The molecule has 2 aliphatic rings. The lowest BCUT2D eigenvalue weighted by Gasteiger charge is -2.35. The topological polar surface area (TPSA) is 77.2 Å². The standard InChI is InChI=1S/C11H18FN3O3/c1-11(2,3)18-10(16)15-4-6(12)8-7(5-15)17-9(13)14-8/h6-8H,4-5H2,1-3H3,(H2,13,14)/t6-,7-,8+/m1/s1. The molecule has 0 aliphatic carbocycles. The molecule has 2 heterocycles. The number of hydrogen-bond donors (Lipinski definition) is 1. The monoisotopic (exact) mass is 259 g/mol. The number of carbonyl (C=O) groups excluding carboxylic acids is 1. The molecule has 2 aliphatic heterocycles. The largest absolute Gasteiger partial charge is 0.458 e. The van der Waals surface area contributed by atoms with Crippen LogP contribution in [-0.2, 0) is 9.47 Å². The van der Waals surface area contributed by atoms with Crippen molar-refractivity contribution in [1.29, 1.82) is 0 Å². The number of rotatable bonds is 0. The molecule has 2 N–H and O–H groups in total. The Bertz CT molecular complexity index is 380. The number of ether oxygens (including phenoxy) is 2. The SMILES string of the molecule is CC(C)(C)OC(=O)N1C[C@@H](F)[C@@H]2N=C(N)O[C@@H]2C1. The summed E-state index contributed by atoms with van der Waals surface area (Å²) in [5, 5.41) is 0. The first-order valence-corrected chi connectivity index (χ1v) is 5.88. The summed E-state index contributed by atoms with van der Waals surface area (Å²) in [4.78, 5) is 17.0. The highest BCUT2D eigenvalue weighted by atomic mass is 19.1. The van der Waals surface area contributed by atoms with Crippen LogP contribution in [0.3, 0.4) is 0 Å². The van der Waals surface area contributed by atoms with Gasteiger partial charge in [-0.1, -0.05) is 0 Å². The zero-order valence-electron chi connectivity index (χ0n) is 10.7. The van der Waals surface area contributed by atoms with Gasteiger partial charge in [-0.15, -0.1) is 0 Å². The Balaban J connectivity index is 2.00. The molecule has 6 nitrogen and oxygen atoms in total. The van der Waals surface area contributed by atoms with Gasteiger partial charge < -0.3 is 20.1 Å². The first kappa shape index (κ1) is 12.9. The molecule has 1 amide bonds. The number of aliphatic imine (C=N–C) groups is 1. The third-order valence-corrected chi connectivity index (χ3v) is 2.75. The number of carbonyl (C=O) groups is 1. The van der Waals surface area contributed by atoms with E-state index in [-0.39, 0.29) is 19.1 Å². The van der Waals surface area contributed by atoms with E-state index in [9.17, 15) is 9.18 Å². The number of halogens is 1. The number of nitrogens with zero attached hydrogens (tertiary/aromatic N) is 2. The van der Waals surface area contributed by atoms with Crippen molar-refractivity contribution in [1.82, 2.24) is 4.90 Å². The second-order valence-corrected chi connectivity index (χ2v) is 5.52. The van der Waals surface area contributed by atoms with Gasteiger partial charge in [0.2, 0.25) is 0 Å². The fourth-order valence-corrected chi connectivity index (χ4v) is 2.03. The van der Waals surface area contributed by atoms with Gasteiger partial charge >= 0.3 is 6.09 Å². The molecule has 3 atom stereocenters. The zero-order chi connectivity index (χ0) is 13.5. The van der Waals surface area contributed by atoms with Crippen molar-refractivity contribution in [3.05, 3.63) is 0 Å². The summed E-state index contributed by atoms with van der Waals surface area (Å²) in [6, 6.07) is -0.623. The first-order valence-electron chi connectivity index (χ1n) is 5.88. The smallest absolute Gasteiger partial charge is 0.410 e. The van der Waals surface area contributed by atoms with E-state index in [0.717, 1.165) is 0 Å².